The molecule has 72 valence electrons. The third-order valence-electron chi connectivity index (χ3n) is 2.82. The first-order valence-electron chi connectivity index (χ1n) is 5.17. The van der Waals surface area contributed by atoms with Crippen LogP contribution in [0.3, 0.4) is 0 Å². The van der Waals surface area contributed by atoms with E-state index in [1.807, 2.05) is 0 Å². The lowest BCUT2D eigenvalue weighted by atomic mass is 9.86. The van der Waals surface area contributed by atoms with Gasteiger partial charge in [0.05, 0.1) is 0 Å². The Morgan fingerprint density at radius 1 is 1.25 bits per heavy atom. The molecule has 0 saturated heterocycles. The van der Waals surface area contributed by atoms with Gasteiger partial charge >= 0.3 is 0 Å². The third-order valence-corrected chi connectivity index (χ3v) is 4.33. The predicted octanol–water partition coefficient (Wildman–Crippen LogP) is 2.79. The lowest BCUT2D eigenvalue weighted by Crippen LogP contribution is -2.30. The van der Waals surface area contributed by atoms with E-state index in [4.69, 9.17) is 5.73 Å². The van der Waals surface area contributed by atoms with E-state index in [-0.39, 0.29) is 0 Å². The first-order valence-corrected chi connectivity index (χ1v) is 6.15. The van der Waals surface area contributed by atoms with Crippen molar-refractivity contribution in [2.45, 2.75) is 50.2 Å². The van der Waals surface area contributed by atoms with Crippen molar-refractivity contribution in [3.63, 3.8) is 0 Å². The minimum atomic E-state index is 0.571. The maximum atomic E-state index is 5.66. The summed E-state index contributed by atoms with van der Waals surface area (Å²) in [7, 11) is 0. The van der Waals surface area contributed by atoms with Gasteiger partial charge in [0, 0.05) is 4.75 Å². The van der Waals surface area contributed by atoms with E-state index in [9.17, 15) is 0 Å². The molecule has 0 aromatic rings. The van der Waals surface area contributed by atoms with Crippen molar-refractivity contribution in [2.75, 3.05) is 12.3 Å². The van der Waals surface area contributed by atoms with Crippen LogP contribution in [0.15, 0.2) is 0 Å². The number of hydrogen-bond donors (Lipinski definition) is 1. The maximum absolute atomic E-state index is 5.66. The molecule has 0 radical (unpaired) electrons. The van der Waals surface area contributed by atoms with E-state index in [2.05, 4.69) is 18.7 Å². The standard InChI is InChI=1S/C10H21NS/c1-2-12-10(8-9-11)6-4-3-5-7-10/h2-9,11H2,1H3. The highest BCUT2D eigenvalue weighted by Crippen LogP contribution is 2.41. The molecular formula is C10H21NS. The molecule has 0 spiro atoms. The van der Waals surface area contributed by atoms with Gasteiger partial charge in [-0.2, -0.15) is 11.8 Å². The van der Waals surface area contributed by atoms with E-state index < -0.39 is 0 Å². The van der Waals surface area contributed by atoms with Crippen molar-refractivity contribution in [1.29, 1.82) is 0 Å². The Bertz CT molecular complexity index is 103. The van der Waals surface area contributed by atoms with Gasteiger partial charge in [0.2, 0.25) is 0 Å². The topological polar surface area (TPSA) is 26.0 Å². The van der Waals surface area contributed by atoms with Crippen molar-refractivity contribution < 1.29 is 0 Å². The molecule has 2 heteroatoms. The molecule has 0 heterocycles. The summed E-state index contributed by atoms with van der Waals surface area (Å²) in [5, 5.41) is 0. The number of rotatable bonds is 4. The summed E-state index contributed by atoms with van der Waals surface area (Å²) < 4.78 is 0.571. The van der Waals surface area contributed by atoms with Gasteiger partial charge in [-0.05, 0) is 31.6 Å². The van der Waals surface area contributed by atoms with E-state index in [0.29, 0.717) is 4.75 Å². The monoisotopic (exact) mass is 187 g/mol. The largest absolute Gasteiger partial charge is 0.330 e. The quantitative estimate of drug-likeness (QED) is 0.732. The molecule has 12 heavy (non-hydrogen) atoms. The van der Waals surface area contributed by atoms with Crippen LogP contribution in [0.5, 0.6) is 0 Å². The van der Waals surface area contributed by atoms with E-state index in [1.165, 1.54) is 44.3 Å². The van der Waals surface area contributed by atoms with Gasteiger partial charge in [0.15, 0.2) is 0 Å². The zero-order chi connectivity index (χ0) is 8.86. The summed E-state index contributed by atoms with van der Waals surface area (Å²) in [5.74, 6) is 1.25. The third kappa shape index (κ3) is 2.67. The Balaban J connectivity index is 2.44. The highest BCUT2D eigenvalue weighted by molar-refractivity contribution is 8.00. The fourth-order valence-corrected chi connectivity index (χ4v) is 3.68. The second-order valence-electron chi connectivity index (χ2n) is 3.72. The molecule has 0 aliphatic heterocycles. The molecular weight excluding hydrogens is 166 g/mol. The Kier molecular flexibility index (Phi) is 4.44. The highest BCUT2D eigenvalue weighted by atomic mass is 32.2. The summed E-state index contributed by atoms with van der Waals surface area (Å²) in [6, 6.07) is 0. The zero-order valence-corrected chi connectivity index (χ0v) is 8.96. The van der Waals surface area contributed by atoms with Crippen LogP contribution in [-0.2, 0) is 0 Å². The fraction of sp³-hybridized carbons (Fsp3) is 1.00. The summed E-state index contributed by atoms with van der Waals surface area (Å²) in [6.07, 6.45) is 8.33. The lowest BCUT2D eigenvalue weighted by molar-refractivity contribution is 0.382. The normalized spacial score (nSPS) is 22.5. The van der Waals surface area contributed by atoms with Gasteiger partial charge in [-0.25, -0.2) is 0 Å². The van der Waals surface area contributed by atoms with Gasteiger partial charge in [0.1, 0.15) is 0 Å². The van der Waals surface area contributed by atoms with Crippen LogP contribution in [0.1, 0.15) is 45.4 Å². The SMILES string of the molecule is CCSC1(CCN)CCCCC1. The molecule has 1 aliphatic rings. The molecule has 1 aliphatic carbocycles. The van der Waals surface area contributed by atoms with E-state index in [0.717, 1.165) is 6.54 Å². The molecule has 0 atom stereocenters. The average molecular weight is 187 g/mol. The molecule has 1 fully saturated rings. The maximum Gasteiger partial charge on any atom is 0.0172 e. The summed E-state index contributed by atoms with van der Waals surface area (Å²) in [5.41, 5.74) is 5.66. The van der Waals surface area contributed by atoms with Gasteiger partial charge in [-0.1, -0.05) is 26.2 Å². The minimum absolute atomic E-state index is 0.571. The van der Waals surface area contributed by atoms with Crippen LogP contribution in [0.25, 0.3) is 0 Å². The van der Waals surface area contributed by atoms with Crippen molar-refractivity contribution in [3.8, 4) is 0 Å². The fourth-order valence-electron chi connectivity index (χ4n) is 2.23. The Morgan fingerprint density at radius 3 is 2.42 bits per heavy atom. The molecule has 0 aromatic heterocycles. The van der Waals surface area contributed by atoms with Gasteiger partial charge in [-0.15, -0.1) is 0 Å². The zero-order valence-electron chi connectivity index (χ0n) is 8.14. The van der Waals surface area contributed by atoms with Gasteiger partial charge < -0.3 is 5.73 Å². The second kappa shape index (κ2) is 5.13. The summed E-state index contributed by atoms with van der Waals surface area (Å²) in [4.78, 5) is 0. The van der Waals surface area contributed by atoms with E-state index in [1.54, 1.807) is 0 Å². The van der Waals surface area contributed by atoms with Crippen LogP contribution in [0.2, 0.25) is 0 Å². The van der Waals surface area contributed by atoms with Crippen LogP contribution >= 0.6 is 11.8 Å². The molecule has 0 amide bonds. The van der Waals surface area contributed by atoms with Crippen LogP contribution < -0.4 is 5.73 Å². The molecule has 1 saturated carbocycles. The van der Waals surface area contributed by atoms with Crippen molar-refractivity contribution in [3.05, 3.63) is 0 Å². The average Bonchev–Trinajstić information content (AvgIpc) is 2.07. The molecule has 1 nitrogen and oxygen atoms in total. The van der Waals surface area contributed by atoms with Gasteiger partial charge in [0.25, 0.3) is 0 Å². The number of nitrogens with two attached hydrogens (primary N) is 1. The lowest BCUT2D eigenvalue weighted by Gasteiger charge is -2.36. The molecule has 0 bridgehead atoms. The first kappa shape index (κ1) is 10.4. The van der Waals surface area contributed by atoms with Crippen molar-refractivity contribution >= 4 is 11.8 Å². The van der Waals surface area contributed by atoms with Crippen LogP contribution in [-0.4, -0.2) is 17.0 Å². The number of hydrogen-bond acceptors (Lipinski definition) is 2. The molecule has 0 unspecified atom stereocenters. The first-order chi connectivity index (χ1) is 5.83. The predicted molar refractivity (Wildman–Crippen MR) is 57.6 cm³/mol. The highest BCUT2D eigenvalue weighted by Gasteiger charge is 2.30. The Morgan fingerprint density at radius 2 is 1.92 bits per heavy atom. The van der Waals surface area contributed by atoms with Gasteiger partial charge in [-0.3, -0.25) is 0 Å². The molecule has 0 aromatic carbocycles. The Labute approximate surface area is 80.5 Å². The minimum Gasteiger partial charge on any atom is -0.330 e. The van der Waals surface area contributed by atoms with Crippen molar-refractivity contribution in [2.24, 2.45) is 5.73 Å². The Hall–Kier alpha value is 0.310. The molecule has 1 rings (SSSR count). The van der Waals surface area contributed by atoms with Crippen LogP contribution in [0.4, 0.5) is 0 Å². The van der Waals surface area contributed by atoms with Crippen LogP contribution in [0, 0.1) is 0 Å². The summed E-state index contributed by atoms with van der Waals surface area (Å²) in [6.45, 7) is 3.13. The summed E-state index contributed by atoms with van der Waals surface area (Å²) >= 11 is 2.14. The van der Waals surface area contributed by atoms with E-state index >= 15 is 0 Å². The second-order valence-corrected chi connectivity index (χ2v) is 5.45. The smallest absolute Gasteiger partial charge is 0.0172 e. The van der Waals surface area contributed by atoms with Crippen molar-refractivity contribution in [1.82, 2.24) is 0 Å². The number of thioether (sulfide) groups is 1. The molecule has 2 N–H and O–H groups in total.